The predicted octanol–water partition coefficient (Wildman–Crippen LogP) is 4.39. The number of nitrogens with zero attached hydrogens (tertiary/aromatic N) is 4. The van der Waals surface area contributed by atoms with Crippen LogP contribution in [0.2, 0.25) is 0 Å². The van der Waals surface area contributed by atoms with Gasteiger partial charge in [-0.15, -0.1) is 0 Å². The van der Waals surface area contributed by atoms with E-state index in [0.717, 1.165) is 47.6 Å². The molecule has 0 radical (unpaired) electrons. The molecule has 3 aromatic rings. The molecule has 0 spiro atoms. The summed E-state index contributed by atoms with van der Waals surface area (Å²) in [4.78, 5) is 16.2. The summed E-state index contributed by atoms with van der Waals surface area (Å²) in [7, 11) is 0. The number of piperidine rings is 1. The van der Waals surface area contributed by atoms with Gasteiger partial charge in [0.05, 0.1) is 0 Å². The molecule has 1 aliphatic heterocycles. The number of nitrogens with one attached hydrogen (secondary N) is 1. The molecule has 5 heteroatoms. The van der Waals surface area contributed by atoms with Crippen LogP contribution in [0.4, 0.5) is 11.6 Å². The maximum atomic E-state index is 4.87. The van der Waals surface area contributed by atoms with E-state index in [4.69, 9.17) is 9.97 Å². The summed E-state index contributed by atoms with van der Waals surface area (Å²) >= 11 is 0. The van der Waals surface area contributed by atoms with Crippen LogP contribution in [-0.4, -0.2) is 28.0 Å². The van der Waals surface area contributed by atoms with Gasteiger partial charge < -0.3 is 10.2 Å². The molecule has 1 saturated heterocycles. The van der Waals surface area contributed by atoms with Gasteiger partial charge in [-0.25, -0.2) is 9.97 Å². The van der Waals surface area contributed by atoms with E-state index in [-0.39, 0.29) is 0 Å². The lowest BCUT2D eigenvalue weighted by atomic mass is 9.99. The van der Waals surface area contributed by atoms with Gasteiger partial charge in [-0.3, -0.25) is 4.98 Å². The molecule has 1 N–H and O–H groups in total. The van der Waals surface area contributed by atoms with Crippen LogP contribution in [0.3, 0.4) is 0 Å². The number of anilines is 2. The zero-order valence-corrected chi connectivity index (χ0v) is 15.7. The maximum absolute atomic E-state index is 4.87. The van der Waals surface area contributed by atoms with Crippen LogP contribution in [0.25, 0.3) is 11.4 Å². The van der Waals surface area contributed by atoms with Crippen LogP contribution in [0, 0.1) is 5.92 Å². The molecule has 0 atom stereocenters. The van der Waals surface area contributed by atoms with E-state index in [1.165, 1.54) is 12.8 Å². The predicted molar refractivity (Wildman–Crippen MR) is 110 cm³/mol. The molecule has 3 heterocycles. The molecule has 0 saturated carbocycles. The van der Waals surface area contributed by atoms with E-state index in [2.05, 4.69) is 46.4 Å². The third-order valence-corrected chi connectivity index (χ3v) is 5.05. The van der Waals surface area contributed by atoms with Gasteiger partial charge in [-0.1, -0.05) is 43.3 Å². The van der Waals surface area contributed by atoms with Crippen molar-refractivity contribution in [1.29, 1.82) is 0 Å². The fraction of sp³-hybridized carbons (Fsp3) is 0.318. The summed E-state index contributed by atoms with van der Waals surface area (Å²) < 4.78 is 0. The second kappa shape index (κ2) is 8.16. The third-order valence-electron chi connectivity index (χ3n) is 5.05. The molecule has 4 rings (SSSR count). The highest BCUT2D eigenvalue weighted by Crippen LogP contribution is 2.26. The molecule has 2 aromatic heterocycles. The lowest BCUT2D eigenvalue weighted by Gasteiger charge is -2.31. The van der Waals surface area contributed by atoms with Crippen LogP contribution >= 0.6 is 0 Å². The quantitative estimate of drug-likeness (QED) is 0.732. The molecular formula is C22H25N5. The Morgan fingerprint density at radius 3 is 2.59 bits per heavy atom. The highest BCUT2D eigenvalue weighted by molar-refractivity contribution is 5.61. The number of hydrogen-bond acceptors (Lipinski definition) is 5. The minimum absolute atomic E-state index is 0.690. The Hall–Kier alpha value is -2.95. The van der Waals surface area contributed by atoms with Crippen LogP contribution in [0.1, 0.15) is 25.3 Å². The minimum atomic E-state index is 0.690. The van der Waals surface area contributed by atoms with Gasteiger partial charge in [0.2, 0.25) is 0 Å². The Bertz CT molecular complexity index is 858. The topological polar surface area (TPSA) is 53.9 Å². The Kier molecular flexibility index (Phi) is 5.28. The number of aromatic nitrogens is 3. The molecule has 1 aromatic carbocycles. The Labute approximate surface area is 160 Å². The van der Waals surface area contributed by atoms with Crippen molar-refractivity contribution in [2.45, 2.75) is 26.3 Å². The molecule has 138 valence electrons. The van der Waals surface area contributed by atoms with Crippen molar-refractivity contribution in [2.24, 2.45) is 5.92 Å². The Morgan fingerprint density at radius 1 is 1.04 bits per heavy atom. The van der Waals surface area contributed by atoms with E-state index in [0.29, 0.717) is 6.54 Å². The smallest absolute Gasteiger partial charge is 0.163 e. The molecule has 1 fully saturated rings. The highest BCUT2D eigenvalue weighted by atomic mass is 15.2. The maximum Gasteiger partial charge on any atom is 0.163 e. The summed E-state index contributed by atoms with van der Waals surface area (Å²) in [5.74, 6) is 3.41. The van der Waals surface area contributed by atoms with E-state index in [1.54, 1.807) is 6.20 Å². The van der Waals surface area contributed by atoms with Crippen molar-refractivity contribution in [1.82, 2.24) is 15.0 Å². The van der Waals surface area contributed by atoms with Crippen molar-refractivity contribution >= 4 is 11.6 Å². The number of benzene rings is 1. The third kappa shape index (κ3) is 4.42. The van der Waals surface area contributed by atoms with Gasteiger partial charge in [0.15, 0.2) is 5.82 Å². The zero-order chi connectivity index (χ0) is 18.5. The van der Waals surface area contributed by atoms with E-state index < -0.39 is 0 Å². The molecular weight excluding hydrogens is 334 g/mol. The van der Waals surface area contributed by atoms with Crippen molar-refractivity contribution in [2.75, 3.05) is 23.3 Å². The van der Waals surface area contributed by atoms with Gasteiger partial charge in [-0.05, 0) is 30.4 Å². The molecule has 0 aliphatic carbocycles. The second-order valence-electron chi connectivity index (χ2n) is 7.19. The first-order chi connectivity index (χ1) is 13.3. The monoisotopic (exact) mass is 359 g/mol. The lowest BCUT2D eigenvalue weighted by molar-refractivity contribution is 0.436. The Balaban J connectivity index is 1.62. The number of pyridine rings is 1. The fourth-order valence-corrected chi connectivity index (χ4v) is 3.34. The SMILES string of the molecule is CC1CCN(c2cc(NCc3cccnc3)nc(-c3ccccc3)n2)CC1. The number of hydrogen-bond donors (Lipinski definition) is 1. The number of rotatable bonds is 5. The average Bonchev–Trinajstić information content (AvgIpc) is 2.74. The first-order valence-corrected chi connectivity index (χ1v) is 9.60. The first-order valence-electron chi connectivity index (χ1n) is 9.60. The second-order valence-corrected chi connectivity index (χ2v) is 7.19. The van der Waals surface area contributed by atoms with Crippen molar-refractivity contribution in [3.05, 3.63) is 66.5 Å². The van der Waals surface area contributed by atoms with Crippen LogP contribution < -0.4 is 10.2 Å². The standard InChI is InChI=1S/C22H25N5/c1-17-9-12-27(13-10-17)21-14-20(24-16-18-6-5-11-23-15-18)25-22(26-21)19-7-3-2-4-8-19/h2-8,11,14-15,17H,9-10,12-13,16H2,1H3,(H,24,25,26). The van der Waals surface area contributed by atoms with Gasteiger partial charge >= 0.3 is 0 Å². The molecule has 5 nitrogen and oxygen atoms in total. The molecule has 0 unspecified atom stereocenters. The normalized spacial score (nSPS) is 14.9. The first kappa shape index (κ1) is 17.5. The van der Waals surface area contributed by atoms with Gasteiger partial charge in [0.1, 0.15) is 11.6 Å². The van der Waals surface area contributed by atoms with Crippen molar-refractivity contribution in [3.63, 3.8) is 0 Å². The lowest BCUT2D eigenvalue weighted by Crippen LogP contribution is -2.33. The average molecular weight is 359 g/mol. The Morgan fingerprint density at radius 2 is 1.85 bits per heavy atom. The molecule has 27 heavy (non-hydrogen) atoms. The van der Waals surface area contributed by atoms with E-state index in [1.807, 2.05) is 30.5 Å². The fourth-order valence-electron chi connectivity index (χ4n) is 3.34. The van der Waals surface area contributed by atoms with E-state index >= 15 is 0 Å². The van der Waals surface area contributed by atoms with E-state index in [9.17, 15) is 0 Å². The summed E-state index contributed by atoms with van der Waals surface area (Å²) in [6, 6.07) is 16.3. The molecule has 0 amide bonds. The highest BCUT2D eigenvalue weighted by Gasteiger charge is 2.18. The van der Waals surface area contributed by atoms with Crippen LogP contribution in [-0.2, 0) is 6.54 Å². The largest absolute Gasteiger partial charge is 0.366 e. The summed E-state index contributed by atoms with van der Waals surface area (Å²) in [6.07, 6.45) is 6.09. The van der Waals surface area contributed by atoms with Crippen molar-refractivity contribution < 1.29 is 0 Å². The van der Waals surface area contributed by atoms with Gasteiger partial charge in [0.25, 0.3) is 0 Å². The van der Waals surface area contributed by atoms with Gasteiger partial charge in [-0.2, -0.15) is 0 Å². The van der Waals surface area contributed by atoms with Crippen LogP contribution in [0.15, 0.2) is 60.9 Å². The van der Waals surface area contributed by atoms with Crippen LogP contribution in [0.5, 0.6) is 0 Å². The molecule has 1 aliphatic rings. The minimum Gasteiger partial charge on any atom is -0.366 e. The zero-order valence-electron chi connectivity index (χ0n) is 15.7. The summed E-state index contributed by atoms with van der Waals surface area (Å²) in [5, 5.41) is 3.44. The van der Waals surface area contributed by atoms with Crippen molar-refractivity contribution in [3.8, 4) is 11.4 Å². The summed E-state index contributed by atoms with van der Waals surface area (Å²) in [6.45, 7) is 5.12. The summed E-state index contributed by atoms with van der Waals surface area (Å²) in [5.41, 5.74) is 2.17. The van der Waals surface area contributed by atoms with Gasteiger partial charge in [0, 0.05) is 43.7 Å². The molecule has 0 bridgehead atoms.